The van der Waals surface area contributed by atoms with Gasteiger partial charge in [-0.1, -0.05) is 0 Å². The summed E-state index contributed by atoms with van der Waals surface area (Å²) < 4.78 is 63.6. The molecule has 1 N–H and O–H groups in total. The number of nitrogens with zero attached hydrogens (tertiary/aromatic N) is 3. The molecule has 5 fully saturated rings. The van der Waals surface area contributed by atoms with Crippen LogP contribution in [0.5, 0.6) is 5.75 Å². The fourth-order valence-electron chi connectivity index (χ4n) is 8.30. The summed E-state index contributed by atoms with van der Waals surface area (Å²) >= 11 is 0. The zero-order chi connectivity index (χ0) is 31.7. The molecule has 1 unspecified atom stereocenters. The van der Waals surface area contributed by atoms with E-state index in [0.717, 1.165) is 12.8 Å². The number of carbonyl (C=O) groups excluding carboxylic acids is 4. The molecule has 4 heterocycles. The molecule has 0 radical (unpaired) electrons. The first-order valence-corrected chi connectivity index (χ1v) is 16.1. The van der Waals surface area contributed by atoms with Gasteiger partial charge in [-0.3, -0.25) is 29.4 Å². The minimum Gasteiger partial charge on any atom is -0.489 e. The highest BCUT2D eigenvalue weighted by Gasteiger charge is 2.55. The van der Waals surface area contributed by atoms with E-state index in [2.05, 4.69) is 5.32 Å². The maximum atomic E-state index is 15.4. The Morgan fingerprint density at radius 2 is 1.69 bits per heavy atom. The third-order valence-corrected chi connectivity index (χ3v) is 10.9. The van der Waals surface area contributed by atoms with E-state index < -0.39 is 41.9 Å². The SMILES string of the molecule is O=C1CCC(N2Cc3cc(O[C@H]4CCCC(F)(F)[C@@H]4N4CC(C5CCN(C(=O)C6CC(F)(F)C6)CC5)C4)ccc3C2=O)C(=O)N1. The van der Waals surface area contributed by atoms with E-state index in [-0.39, 0.29) is 62.3 Å². The molecular formula is C32H38F4N4O5. The summed E-state index contributed by atoms with van der Waals surface area (Å²) in [5.41, 5.74) is 1.09. The summed E-state index contributed by atoms with van der Waals surface area (Å²) in [6.45, 7) is 2.26. The maximum absolute atomic E-state index is 15.4. The van der Waals surface area contributed by atoms with E-state index in [9.17, 15) is 28.0 Å². The van der Waals surface area contributed by atoms with Crippen molar-refractivity contribution in [2.24, 2.45) is 17.8 Å². The van der Waals surface area contributed by atoms with Crippen molar-refractivity contribution in [1.82, 2.24) is 20.0 Å². The first-order chi connectivity index (χ1) is 21.4. The number of fused-ring (bicyclic) bond motifs is 1. The summed E-state index contributed by atoms with van der Waals surface area (Å²) in [7, 11) is 0. The Balaban J connectivity index is 0.958. The first kappa shape index (κ1) is 30.4. The quantitative estimate of drug-likeness (QED) is 0.380. The summed E-state index contributed by atoms with van der Waals surface area (Å²) in [6, 6.07) is 3.10. The number of halogens is 4. The molecule has 1 aromatic rings. The molecule has 3 atom stereocenters. The molecule has 45 heavy (non-hydrogen) atoms. The van der Waals surface area contributed by atoms with Crippen molar-refractivity contribution in [3.05, 3.63) is 29.3 Å². The molecule has 0 bridgehead atoms. The molecular weight excluding hydrogens is 596 g/mol. The number of hydrogen-bond donors (Lipinski definition) is 1. The number of nitrogens with one attached hydrogen (secondary N) is 1. The fraction of sp³-hybridized carbons (Fsp3) is 0.688. The van der Waals surface area contributed by atoms with Gasteiger partial charge in [0, 0.05) is 69.9 Å². The van der Waals surface area contributed by atoms with Gasteiger partial charge in [0.05, 0.1) is 0 Å². The highest BCUT2D eigenvalue weighted by molar-refractivity contribution is 6.05. The van der Waals surface area contributed by atoms with Crippen molar-refractivity contribution < 1.29 is 41.5 Å². The van der Waals surface area contributed by atoms with Crippen LogP contribution in [-0.2, 0) is 20.9 Å². The Labute approximate surface area is 258 Å². The number of amides is 4. The Morgan fingerprint density at radius 3 is 2.38 bits per heavy atom. The predicted octanol–water partition coefficient (Wildman–Crippen LogP) is 3.60. The number of hydrogen-bond acceptors (Lipinski definition) is 6. The van der Waals surface area contributed by atoms with E-state index in [1.807, 2.05) is 4.90 Å². The number of carbonyl (C=O) groups is 4. The van der Waals surface area contributed by atoms with Gasteiger partial charge in [-0.25, -0.2) is 17.6 Å². The van der Waals surface area contributed by atoms with Crippen LogP contribution in [0.2, 0.25) is 0 Å². The smallest absolute Gasteiger partial charge is 0.266 e. The van der Waals surface area contributed by atoms with Gasteiger partial charge in [0.1, 0.15) is 23.9 Å². The van der Waals surface area contributed by atoms with Crippen LogP contribution in [0.4, 0.5) is 17.6 Å². The molecule has 1 aromatic carbocycles. The van der Waals surface area contributed by atoms with Crippen LogP contribution in [0.3, 0.4) is 0 Å². The fourth-order valence-corrected chi connectivity index (χ4v) is 8.30. The third kappa shape index (κ3) is 5.69. The lowest BCUT2D eigenvalue weighted by atomic mass is 9.76. The Bertz CT molecular complexity index is 1390. The van der Waals surface area contributed by atoms with Crippen molar-refractivity contribution in [3.8, 4) is 5.75 Å². The van der Waals surface area contributed by atoms with E-state index in [1.165, 1.54) is 4.90 Å². The first-order valence-electron chi connectivity index (χ1n) is 16.1. The van der Waals surface area contributed by atoms with Crippen LogP contribution in [0.1, 0.15) is 73.7 Å². The minimum atomic E-state index is -2.93. The van der Waals surface area contributed by atoms with Crippen molar-refractivity contribution >= 4 is 23.6 Å². The Morgan fingerprint density at radius 1 is 0.956 bits per heavy atom. The second-order valence-corrected chi connectivity index (χ2v) is 13.8. The number of likely N-dealkylation sites (tertiary alicyclic amines) is 2. The lowest BCUT2D eigenvalue weighted by Gasteiger charge is -2.53. The van der Waals surface area contributed by atoms with Crippen LogP contribution in [0, 0.1) is 17.8 Å². The van der Waals surface area contributed by atoms with E-state index in [4.69, 9.17) is 4.74 Å². The Hall–Kier alpha value is -3.22. The van der Waals surface area contributed by atoms with Gasteiger partial charge in [0.15, 0.2) is 0 Å². The molecule has 6 aliphatic rings. The van der Waals surface area contributed by atoms with Crippen LogP contribution < -0.4 is 10.1 Å². The van der Waals surface area contributed by atoms with Crippen molar-refractivity contribution in [2.75, 3.05) is 26.2 Å². The van der Waals surface area contributed by atoms with Gasteiger partial charge >= 0.3 is 0 Å². The van der Waals surface area contributed by atoms with Crippen molar-refractivity contribution in [3.63, 3.8) is 0 Å². The van der Waals surface area contributed by atoms with E-state index in [0.29, 0.717) is 61.8 Å². The average molecular weight is 635 g/mol. The summed E-state index contributed by atoms with van der Waals surface area (Å²) in [6.07, 6.45) is 1.02. The monoisotopic (exact) mass is 634 g/mol. The van der Waals surface area contributed by atoms with Crippen molar-refractivity contribution in [2.45, 2.75) is 94.4 Å². The largest absolute Gasteiger partial charge is 0.489 e. The van der Waals surface area contributed by atoms with Crippen LogP contribution in [0.25, 0.3) is 0 Å². The molecule has 0 spiro atoms. The number of imide groups is 1. The number of ether oxygens (including phenoxy) is 1. The van der Waals surface area contributed by atoms with Crippen molar-refractivity contribution in [1.29, 1.82) is 0 Å². The zero-order valence-corrected chi connectivity index (χ0v) is 25.0. The molecule has 13 heteroatoms. The molecule has 3 saturated heterocycles. The minimum absolute atomic E-state index is 0.155. The van der Waals surface area contributed by atoms with Gasteiger partial charge in [-0.05, 0) is 67.7 Å². The highest BCUT2D eigenvalue weighted by atomic mass is 19.3. The molecule has 244 valence electrons. The number of alkyl halides is 4. The second-order valence-electron chi connectivity index (χ2n) is 13.8. The van der Waals surface area contributed by atoms with Crippen LogP contribution in [-0.4, -0.2) is 94.5 Å². The number of rotatable bonds is 6. The van der Waals surface area contributed by atoms with Gasteiger partial charge in [0.25, 0.3) is 11.8 Å². The van der Waals surface area contributed by atoms with Gasteiger partial charge in [-0.15, -0.1) is 0 Å². The summed E-state index contributed by atoms with van der Waals surface area (Å²) in [5.74, 6) is -6.65. The molecule has 7 rings (SSSR count). The maximum Gasteiger partial charge on any atom is 0.266 e. The molecule has 4 aliphatic heterocycles. The lowest BCUT2D eigenvalue weighted by molar-refractivity contribution is -0.174. The average Bonchev–Trinajstić information content (AvgIpc) is 3.27. The van der Waals surface area contributed by atoms with Crippen LogP contribution in [0.15, 0.2) is 18.2 Å². The standard InChI is InChI=1S/C32H38F4N4O5/c33-31(34)13-20(14-31)29(43)38-10-7-18(8-11-38)21-15-39(16-21)27-25(2-1-9-32(27,35)36)45-22-3-4-23-19(12-22)17-40(30(23)44)24-5-6-26(41)37-28(24)42/h3-4,12,18,20-21,24-25,27H,1-2,5-11,13-17H2,(H,37,41,42)/t24?,25-,27+/m0/s1. The molecule has 2 saturated carbocycles. The molecule has 4 amide bonds. The normalized spacial score (nSPS) is 30.8. The van der Waals surface area contributed by atoms with E-state index in [1.54, 1.807) is 23.1 Å². The molecule has 0 aromatic heterocycles. The predicted molar refractivity (Wildman–Crippen MR) is 152 cm³/mol. The summed E-state index contributed by atoms with van der Waals surface area (Å²) in [4.78, 5) is 54.5. The van der Waals surface area contributed by atoms with Gasteiger partial charge in [-0.2, -0.15) is 0 Å². The van der Waals surface area contributed by atoms with E-state index >= 15 is 8.78 Å². The number of piperidine rings is 2. The third-order valence-electron chi connectivity index (χ3n) is 10.9. The number of benzene rings is 1. The topological polar surface area (TPSA) is 99.3 Å². The Kier molecular flexibility index (Phi) is 7.60. The zero-order valence-electron chi connectivity index (χ0n) is 25.0. The highest BCUT2D eigenvalue weighted by Crippen LogP contribution is 2.45. The lowest BCUT2D eigenvalue weighted by Crippen LogP contribution is -2.66. The van der Waals surface area contributed by atoms with Crippen LogP contribution >= 0.6 is 0 Å². The van der Waals surface area contributed by atoms with Gasteiger partial charge in [0.2, 0.25) is 23.6 Å². The molecule has 9 nitrogen and oxygen atoms in total. The summed E-state index contributed by atoms with van der Waals surface area (Å²) in [5, 5.41) is 2.28. The second kappa shape index (κ2) is 11.2. The van der Waals surface area contributed by atoms with Gasteiger partial charge < -0.3 is 14.5 Å². The molecule has 2 aliphatic carbocycles.